The summed E-state index contributed by atoms with van der Waals surface area (Å²) in [5.41, 5.74) is 4.24. The summed E-state index contributed by atoms with van der Waals surface area (Å²) in [5, 5.41) is 2.99. The lowest BCUT2D eigenvalue weighted by Crippen LogP contribution is -2.28. The Morgan fingerprint density at radius 2 is 1.78 bits per heavy atom. The Balaban J connectivity index is 0.00000264. The largest absolute Gasteiger partial charge is 0.321 e. The molecule has 1 N–H and O–H groups in total. The Hall–Kier alpha value is -1.32. The third kappa shape index (κ3) is 4.82. The first-order chi connectivity index (χ1) is 10.7. The molecule has 0 aromatic heterocycles. The minimum Gasteiger partial charge on any atom is -0.321 e. The highest BCUT2D eigenvalue weighted by Crippen LogP contribution is 2.35. The van der Waals surface area contributed by atoms with Gasteiger partial charge in [-0.1, -0.05) is 39.0 Å². The lowest BCUT2D eigenvalue weighted by Gasteiger charge is -2.21. The number of rotatable bonds is 8. The molecule has 0 radical (unpaired) electrons. The minimum absolute atomic E-state index is 0. The average molecular weight is 337 g/mol. The van der Waals surface area contributed by atoms with Gasteiger partial charge in [-0.15, -0.1) is 12.4 Å². The van der Waals surface area contributed by atoms with Crippen molar-refractivity contribution in [2.75, 3.05) is 25.0 Å². The SMILES string of the molecule is CC/C=C1\C(=O)Nc2cccc(CCN(CCC)CCC)c21.Cl. The van der Waals surface area contributed by atoms with Gasteiger partial charge >= 0.3 is 0 Å². The molecular formula is C19H29ClN2O. The third-order valence-corrected chi connectivity index (χ3v) is 4.10. The summed E-state index contributed by atoms with van der Waals surface area (Å²) in [4.78, 5) is 14.6. The lowest BCUT2D eigenvalue weighted by molar-refractivity contribution is -0.110. The molecule has 0 fully saturated rings. The molecule has 0 spiro atoms. The molecule has 1 amide bonds. The molecule has 1 aromatic rings. The van der Waals surface area contributed by atoms with Crippen molar-refractivity contribution < 1.29 is 4.79 Å². The van der Waals surface area contributed by atoms with Crippen LogP contribution in [0.3, 0.4) is 0 Å². The third-order valence-electron chi connectivity index (χ3n) is 4.10. The molecule has 0 aliphatic carbocycles. The van der Waals surface area contributed by atoms with Gasteiger partial charge in [0.25, 0.3) is 5.91 Å². The molecule has 1 heterocycles. The predicted octanol–water partition coefficient (Wildman–Crippen LogP) is 4.52. The van der Waals surface area contributed by atoms with Crippen molar-refractivity contribution in [1.29, 1.82) is 0 Å². The van der Waals surface area contributed by atoms with Crippen molar-refractivity contribution >= 4 is 29.6 Å². The highest BCUT2D eigenvalue weighted by atomic mass is 35.5. The second kappa shape index (κ2) is 9.74. The molecule has 3 nitrogen and oxygen atoms in total. The van der Waals surface area contributed by atoms with E-state index in [2.05, 4.69) is 37.1 Å². The van der Waals surface area contributed by atoms with Gasteiger partial charge in [0.1, 0.15) is 0 Å². The van der Waals surface area contributed by atoms with Gasteiger partial charge in [-0.25, -0.2) is 0 Å². The van der Waals surface area contributed by atoms with Crippen LogP contribution in [0, 0.1) is 0 Å². The van der Waals surface area contributed by atoms with E-state index in [1.165, 1.54) is 18.4 Å². The van der Waals surface area contributed by atoms with Gasteiger partial charge in [0.15, 0.2) is 0 Å². The van der Waals surface area contributed by atoms with Crippen LogP contribution in [0.2, 0.25) is 0 Å². The predicted molar refractivity (Wildman–Crippen MR) is 101 cm³/mol. The maximum absolute atomic E-state index is 12.1. The fourth-order valence-electron chi connectivity index (χ4n) is 3.18. The van der Waals surface area contributed by atoms with E-state index >= 15 is 0 Å². The molecule has 0 bridgehead atoms. The Kier molecular flexibility index (Phi) is 8.35. The summed E-state index contributed by atoms with van der Waals surface area (Å²) in [6.07, 6.45) is 6.30. The quantitative estimate of drug-likeness (QED) is 0.708. The van der Waals surface area contributed by atoms with Gasteiger partial charge in [0.2, 0.25) is 0 Å². The number of fused-ring (bicyclic) bond motifs is 1. The van der Waals surface area contributed by atoms with Crippen molar-refractivity contribution in [3.8, 4) is 0 Å². The van der Waals surface area contributed by atoms with E-state index in [0.717, 1.165) is 49.3 Å². The highest BCUT2D eigenvalue weighted by Gasteiger charge is 2.26. The first-order valence-corrected chi connectivity index (χ1v) is 8.57. The second-order valence-electron chi connectivity index (χ2n) is 5.91. The van der Waals surface area contributed by atoms with E-state index in [9.17, 15) is 4.79 Å². The Labute approximate surface area is 146 Å². The average Bonchev–Trinajstić information content (AvgIpc) is 2.82. The monoisotopic (exact) mass is 336 g/mol. The summed E-state index contributed by atoms with van der Waals surface area (Å²) in [6, 6.07) is 6.22. The first-order valence-electron chi connectivity index (χ1n) is 8.57. The topological polar surface area (TPSA) is 32.3 Å². The zero-order chi connectivity index (χ0) is 15.9. The number of nitrogens with zero attached hydrogens (tertiary/aromatic N) is 1. The maximum atomic E-state index is 12.1. The number of hydrogen-bond donors (Lipinski definition) is 1. The van der Waals surface area contributed by atoms with E-state index in [1.54, 1.807) is 0 Å². The first kappa shape index (κ1) is 19.7. The van der Waals surface area contributed by atoms with Gasteiger partial charge in [0.05, 0.1) is 0 Å². The molecule has 0 unspecified atom stereocenters. The normalized spacial score (nSPS) is 14.8. The minimum atomic E-state index is 0. The van der Waals surface area contributed by atoms with Crippen molar-refractivity contribution in [2.24, 2.45) is 0 Å². The van der Waals surface area contributed by atoms with Crippen LogP contribution in [-0.4, -0.2) is 30.4 Å². The lowest BCUT2D eigenvalue weighted by atomic mass is 9.97. The van der Waals surface area contributed by atoms with E-state index in [4.69, 9.17) is 0 Å². The number of nitrogens with one attached hydrogen (secondary N) is 1. The number of anilines is 1. The fraction of sp³-hybridized carbons (Fsp3) is 0.526. The van der Waals surface area contributed by atoms with Crippen molar-refractivity contribution in [3.63, 3.8) is 0 Å². The van der Waals surface area contributed by atoms with Crippen LogP contribution >= 0.6 is 12.4 Å². The summed E-state index contributed by atoms with van der Waals surface area (Å²) >= 11 is 0. The van der Waals surface area contributed by atoms with E-state index in [-0.39, 0.29) is 18.3 Å². The van der Waals surface area contributed by atoms with E-state index in [0.29, 0.717) is 0 Å². The number of hydrogen-bond acceptors (Lipinski definition) is 2. The molecule has 0 saturated carbocycles. The number of carbonyl (C=O) groups excluding carboxylic acids is 1. The van der Waals surface area contributed by atoms with Crippen LogP contribution in [-0.2, 0) is 11.2 Å². The van der Waals surface area contributed by atoms with Crippen molar-refractivity contribution in [3.05, 3.63) is 35.4 Å². The van der Waals surface area contributed by atoms with Gasteiger partial charge in [-0.3, -0.25) is 4.79 Å². The van der Waals surface area contributed by atoms with Crippen LogP contribution in [0.1, 0.15) is 51.2 Å². The van der Waals surface area contributed by atoms with Crippen LogP contribution in [0.25, 0.3) is 5.57 Å². The van der Waals surface area contributed by atoms with Gasteiger partial charge < -0.3 is 10.2 Å². The van der Waals surface area contributed by atoms with Crippen LogP contribution < -0.4 is 5.32 Å². The molecule has 1 aliphatic heterocycles. The molecule has 128 valence electrons. The number of benzene rings is 1. The van der Waals surface area contributed by atoms with Gasteiger partial charge in [0, 0.05) is 23.4 Å². The molecule has 1 aromatic carbocycles. The molecular weight excluding hydrogens is 308 g/mol. The number of halogens is 1. The Morgan fingerprint density at radius 3 is 2.39 bits per heavy atom. The van der Waals surface area contributed by atoms with Crippen LogP contribution in [0.15, 0.2) is 24.3 Å². The molecule has 0 atom stereocenters. The van der Waals surface area contributed by atoms with Crippen LogP contribution in [0.5, 0.6) is 0 Å². The molecule has 1 aliphatic rings. The summed E-state index contributed by atoms with van der Waals surface area (Å²) in [5.74, 6) is 0.0447. The number of amides is 1. The highest BCUT2D eigenvalue weighted by molar-refractivity contribution is 6.31. The fourth-order valence-corrected chi connectivity index (χ4v) is 3.18. The standard InChI is InChI=1S/C19H28N2O.ClH/c1-4-8-16-18-15(9-7-10-17(18)20-19(16)22)11-14-21(12-5-2)13-6-3;/h7-10H,4-6,11-14H2,1-3H3,(H,20,22);1H/b16-8-;. The number of allylic oxidation sites excluding steroid dienone is 1. The zero-order valence-electron chi connectivity index (χ0n) is 14.5. The summed E-state index contributed by atoms with van der Waals surface area (Å²) < 4.78 is 0. The molecule has 23 heavy (non-hydrogen) atoms. The molecule has 0 saturated heterocycles. The number of carbonyl (C=O) groups is 1. The summed E-state index contributed by atoms with van der Waals surface area (Å²) in [7, 11) is 0. The smallest absolute Gasteiger partial charge is 0.256 e. The molecule has 2 rings (SSSR count). The maximum Gasteiger partial charge on any atom is 0.256 e. The second-order valence-corrected chi connectivity index (χ2v) is 5.91. The summed E-state index contributed by atoms with van der Waals surface area (Å²) in [6.45, 7) is 9.90. The Morgan fingerprint density at radius 1 is 1.09 bits per heavy atom. The Bertz CT molecular complexity index is 548. The van der Waals surface area contributed by atoms with Crippen molar-refractivity contribution in [2.45, 2.75) is 46.5 Å². The zero-order valence-corrected chi connectivity index (χ0v) is 15.3. The van der Waals surface area contributed by atoms with E-state index in [1.807, 2.05) is 18.2 Å². The van der Waals surface area contributed by atoms with Gasteiger partial charge in [-0.05, 0) is 50.4 Å². The van der Waals surface area contributed by atoms with E-state index < -0.39 is 0 Å². The van der Waals surface area contributed by atoms with Crippen molar-refractivity contribution in [1.82, 2.24) is 4.90 Å². The van der Waals surface area contributed by atoms with Gasteiger partial charge in [-0.2, -0.15) is 0 Å². The molecule has 4 heteroatoms. The van der Waals surface area contributed by atoms with Crippen LogP contribution in [0.4, 0.5) is 5.69 Å².